The molecule has 0 saturated carbocycles. The molecule has 1 aromatic rings. The molecule has 2 heterocycles. The number of rotatable bonds is 5. The van der Waals surface area contributed by atoms with E-state index in [1.165, 1.54) is 16.4 Å². The van der Waals surface area contributed by atoms with Gasteiger partial charge in [-0.3, -0.25) is 4.79 Å². The van der Waals surface area contributed by atoms with Gasteiger partial charge in [0.25, 0.3) is 5.91 Å². The van der Waals surface area contributed by atoms with E-state index in [0.29, 0.717) is 38.4 Å². The van der Waals surface area contributed by atoms with E-state index in [9.17, 15) is 13.2 Å². The van der Waals surface area contributed by atoms with E-state index in [1.54, 1.807) is 12.1 Å². The van der Waals surface area contributed by atoms with Gasteiger partial charge < -0.3 is 15.4 Å². The minimum absolute atomic E-state index is 0.0817. The van der Waals surface area contributed by atoms with Gasteiger partial charge in [-0.1, -0.05) is 13.0 Å². The summed E-state index contributed by atoms with van der Waals surface area (Å²) >= 11 is 0. The van der Waals surface area contributed by atoms with Crippen molar-refractivity contribution in [2.24, 2.45) is 5.41 Å². The third kappa shape index (κ3) is 4.43. The Kier molecular flexibility index (Phi) is 5.96. The summed E-state index contributed by atoms with van der Waals surface area (Å²) in [7, 11) is -3.60. The van der Waals surface area contributed by atoms with Crippen molar-refractivity contribution in [1.29, 1.82) is 0 Å². The smallest absolute Gasteiger partial charge is 0.251 e. The first-order valence-corrected chi connectivity index (χ1v) is 10.5. The Morgan fingerprint density at radius 2 is 1.96 bits per heavy atom. The lowest BCUT2D eigenvalue weighted by Crippen LogP contribution is -2.43. The summed E-state index contributed by atoms with van der Waals surface area (Å²) in [5.41, 5.74) is 0.454. The van der Waals surface area contributed by atoms with E-state index >= 15 is 0 Å². The Morgan fingerprint density at radius 3 is 2.65 bits per heavy atom. The lowest BCUT2D eigenvalue weighted by atomic mass is 9.81. The van der Waals surface area contributed by atoms with Crippen LogP contribution in [0.5, 0.6) is 0 Å². The largest absolute Gasteiger partial charge is 0.379 e. The molecular weight excluding hydrogens is 354 g/mol. The van der Waals surface area contributed by atoms with Crippen molar-refractivity contribution < 1.29 is 17.9 Å². The number of carbonyl (C=O) groups excluding carboxylic acids is 1. The van der Waals surface area contributed by atoms with Crippen LogP contribution in [0.4, 0.5) is 0 Å². The van der Waals surface area contributed by atoms with Crippen LogP contribution in [0.3, 0.4) is 0 Å². The van der Waals surface area contributed by atoms with Crippen molar-refractivity contribution in [3.05, 3.63) is 29.8 Å². The van der Waals surface area contributed by atoms with Crippen molar-refractivity contribution in [3.8, 4) is 0 Å². The van der Waals surface area contributed by atoms with Crippen LogP contribution in [-0.2, 0) is 14.8 Å². The topological polar surface area (TPSA) is 87.7 Å². The minimum Gasteiger partial charge on any atom is -0.379 e. The molecule has 2 aliphatic rings. The van der Waals surface area contributed by atoms with Crippen LogP contribution in [0.2, 0.25) is 0 Å². The highest BCUT2D eigenvalue weighted by Crippen LogP contribution is 2.27. The molecule has 7 nitrogen and oxygen atoms in total. The zero-order chi connectivity index (χ0) is 18.6. The van der Waals surface area contributed by atoms with Crippen molar-refractivity contribution in [3.63, 3.8) is 0 Å². The number of benzene rings is 1. The van der Waals surface area contributed by atoms with Crippen molar-refractivity contribution in [2.45, 2.75) is 24.7 Å². The van der Waals surface area contributed by atoms with Gasteiger partial charge >= 0.3 is 0 Å². The van der Waals surface area contributed by atoms with Gasteiger partial charge in [-0.15, -0.1) is 0 Å². The highest BCUT2D eigenvalue weighted by atomic mass is 32.2. The number of nitrogens with zero attached hydrogens (tertiary/aromatic N) is 1. The minimum atomic E-state index is -3.60. The molecule has 2 saturated heterocycles. The first-order valence-electron chi connectivity index (χ1n) is 9.08. The molecule has 0 aliphatic carbocycles. The number of hydrogen-bond acceptors (Lipinski definition) is 5. The first kappa shape index (κ1) is 19.3. The van der Waals surface area contributed by atoms with Crippen LogP contribution in [0.1, 0.15) is 30.1 Å². The Labute approximate surface area is 155 Å². The number of nitrogens with one attached hydrogen (secondary N) is 2. The number of carbonyl (C=O) groups is 1. The molecule has 0 atom stereocenters. The maximum atomic E-state index is 12.7. The summed E-state index contributed by atoms with van der Waals surface area (Å²) in [5, 5.41) is 6.29. The van der Waals surface area contributed by atoms with Gasteiger partial charge in [-0.2, -0.15) is 4.31 Å². The predicted octanol–water partition coefficient (Wildman–Crippen LogP) is 0.827. The standard InChI is InChI=1S/C18H27N3O4S/c1-18(5-7-19-8-6-18)14-20-17(22)15-3-2-4-16(13-15)26(23,24)21-9-11-25-12-10-21/h2-4,13,19H,5-12,14H2,1H3,(H,20,22). The summed E-state index contributed by atoms with van der Waals surface area (Å²) < 4.78 is 32.1. The van der Waals surface area contributed by atoms with Gasteiger partial charge in [-0.25, -0.2) is 8.42 Å². The maximum Gasteiger partial charge on any atom is 0.251 e. The fourth-order valence-electron chi connectivity index (χ4n) is 3.34. The molecule has 2 fully saturated rings. The molecule has 0 bridgehead atoms. The second-order valence-corrected chi connectivity index (χ2v) is 9.23. The van der Waals surface area contributed by atoms with Gasteiger partial charge in [0.05, 0.1) is 18.1 Å². The van der Waals surface area contributed by atoms with Gasteiger partial charge in [0.2, 0.25) is 10.0 Å². The second-order valence-electron chi connectivity index (χ2n) is 7.29. The predicted molar refractivity (Wildman–Crippen MR) is 98.6 cm³/mol. The van der Waals surface area contributed by atoms with Crippen molar-refractivity contribution in [2.75, 3.05) is 45.9 Å². The van der Waals surface area contributed by atoms with Gasteiger partial charge in [0.1, 0.15) is 0 Å². The van der Waals surface area contributed by atoms with Gasteiger partial charge in [-0.05, 0) is 49.5 Å². The number of morpholine rings is 1. The van der Waals surface area contributed by atoms with Crippen LogP contribution in [0.15, 0.2) is 29.2 Å². The van der Waals surface area contributed by atoms with E-state index in [4.69, 9.17) is 4.74 Å². The van der Waals surface area contributed by atoms with E-state index in [1.807, 2.05) is 0 Å². The Balaban J connectivity index is 1.69. The molecular formula is C18H27N3O4S. The van der Waals surface area contributed by atoms with E-state index in [-0.39, 0.29) is 16.2 Å². The molecule has 0 unspecified atom stereocenters. The molecule has 8 heteroatoms. The third-order valence-electron chi connectivity index (χ3n) is 5.19. The van der Waals surface area contributed by atoms with E-state index < -0.39 is 10.0 Å². The van der Waals surface area contributed by atoms with Gasteiger partial charge in [0, 0.05) is 25.2 Å². The van der Waals surface area contributed by atoms with Crippen molar-refractivity contribution in [1.82, 2.24) is 14.9 Å². The maximum absolute atomic E-state index is 12.7. The van der Waals surface area contributed by atoms with Crippen LogP contribution >= 0.6 is 0 Å². The molecule has 144 valence electrons. The third-order valence-corrected chi connectivity index (χ3v) is 7.09. The molecule has 0 radical (unpaired) electrons. The quantitative estimate of drug-likeness (QED) is 0.789. The summed E-state index contributed by atoms with van der Waals surface area (Å²) in [5.74, 6) is -0.233. The van der Waals surface area contributed by atoms with Crippen LogP contribution in [0.25, 0.3) is 0 Å². The Morgan fingerprint density at radius 1 is 1.27 bits per heavy atom. The molecule has 0 aromatic heterocycles. The fraction of sp³-hybridized carbons (Fsp3) is 0.611. The molecule has 1 aromatic carbocycles. The monoisotopic (exact) mass is 381 g/mol. The number of ether oxygens (including phenoxy) is 1. The SMILES string of the molecule is CC1(CNC(=O)c2cccc(S(=O)(=O)N3CCOCC3)c2)CCNCC1. The van der Waals surface area contributed by atoms with E-state index in [2.05, 4.69) is 17.6 Å². The lowest BCUT2D eigenvalue weighted by molar-refractivity contribution is 0.0730. The molecule has 2 aliphatic heterocycles. The number of piperidine rings is 1. The summed E-state index contributed by atoms with van der Waals surface area (Å²) in [4.78, 5) is 12.7. The Hall–Kier alpha value is -1.48. The molecule has 3 rings (SSSR count). The number of sulfonamides is 1. The average Bonchev–Trinajstić information content (AvgIpc) is 2.67. The average molecular weight is 381 g/mol. The molecule has 1 amide bonds. The summed E-state index contributed by atoms with van der Waals surface area (Å²) in [6.45, 7) is 6.15. The van der Waals surface area contributed by atoms with Crippen LogP contribution < -0.4 is 10.6 Å². The zero-order valence-corrected chi connectivity index (χ0v) is 16.0. The Bertz CT molecular complexity index is 739. The second kappa shape index (κ2) is 8.04. The highest BCUT2D eigenvalue weighted by Gasteiger charge is 2.29. The summed E-state index contributed by atoms with van der Waals surface area (Å²) in [6, 6.07) is 6.27. The zero-order valence-electron chi connectivity index (χ0n) is 15.2. The molecule has 0 spiro atoms. The first-order chi connectivity index (χ1) is 12.4. The van der Waals surface area contributed by atoms with E-state index in [0.717, 1.165) is 25.9 Å². The van der Waals surface area contributed by atoms with Crippen molar-refractivity contribution >= 4 is 15.9 Å². The normalized spacial score (nSPS) is 21.3. The lowest BCUT2D eigenvalue weighted by Gasteiger charge is -2.34. The van der Waals surface area contributed by atoms with Gasteiger partial charge in [0.15, 0.2) is 0 Å². The fourth-order valence-corrected chi connectivity index (χ4v) is 4.79. The van der Waals surface area contributed by atoms with Crippen LogP contribution in [0, 0.1) is 5.41 Å². The number of hydrogen-bond donors (Lipinski definition) is 2. The van der Waals surface area contributed by atoms with Crippen LogP contribution in [-0.4, -0.2) is 64.6 Å². The molecule has 2 N–H and O–H groups in total. The molecule has 26 heavy (non-hydrogen) atoms. The summed E-state index contributed by atoms with van der Waals surface area (Å²) in [6.07, 6.45) is 2.03. The highest BCUT2D eigenvalue weighted by molar-refractivity contribution is 7.89. The number of amides is 1.